The van der Waals surface area contributed by atoms with Gasteiger partial charge in [-0.3, -0.25) is 0 Å². The van der Waals surface area contributed by atoms with Crippen LogP contribution in [0.5, 0.6) is 0 Å². The van der Waals surface area contributed by atoms with Crippen molar-refractivity contribution in [2.24, 2.45) is 0 Å². The Morgan fingerprint density at radius 3 is 2.47 bits per heavy atom. The van der Waals surface area contributed by atoms with Crippen LogP contribution in [0.4, 0.5) is 0 Å². The number of allylic oxidation sites excluding steroid dienone is 2. The molecule has 19 heavy (non-hydrogen) atoms. The Morgan fingerprint density at radius 2 is 1.89 bits per heavy atom. The Morgan fingerprint density at radius 1 is 1.21 bits per heavy atom. The minimum Gasteiger partial charge on any atom is -0.466 e. The summed E-state index contributed by atoms with van der Waals surface area (Å²) in [4.78, 5) is 22.8. The molecule has 0 amide bonds. The number of carbonyl (C=O) groups excluding carboxylic acids is 2. The van der Waals surface area contributed by atoms with E-state index in [-0.39, 0.29) is 0 Å². The number of rotatable bonds is 5. The van der Waals surface area contributed by atoms with Crippen LogP contribution in [0.2, 0.25) is 0 Å². The van der Waals surface area contributed by atoms with E-state index in [1.165, 1.54) is 25.3 Å². The maximum Gasteiger partial charge on any atom is 0.338 e. The molecule has 1 rings (SSSR count). The van der Waals surface area contributed by atoms with Crippen molar-refractivity contribution < 1.29 is 19.1 Å². The molecule has 0 heterocycles. The molecule has 0 spiro atoms. The summed E-state index contributed by atoms with van der Waals surface area (Å²) >= 11 is 0. The largest absolute Gasteiger partial charge is 0.466 e. The van der Waals surface area contributed by atoms with Gasteiger partial charge in [0.1, 0.15) is 0 Å². The second-order valence-corrected chi connectivity index (χ2v) is 3.55. The lowest BCUT2D eigenvalue weighted by Crippen LogP contribution is -2.06. The normalized spacial score (nSPS) is 11.4. The van der Waals surface area contributed by atoms with Crippen LogP contribution in [0, 0.1) is 0 Å². The average molecular weight is 260 g/mol. The maximum absolute atomic E-state index is 11.8. The summed E-state index contributed by atoms with van der Waals surface area (Å²) in [7, 11) is 1.29. The van der Waals surface area contributed by atoms with Crippen molar-refractivity contribution in [3.63, 3.8) is 0 Å². The molecule has 0 N–H and O–H groups in total. The van der Waals surface area contributed by atoms with Crippen molar-refractivity contribution in [3.8, 4) is 0 Å². The summed E-state index contributed by atoms with van der Waals surface area (Å²) in [5, 5.41) is 0. The Hall–Kier alpha value is -2.36. The van der Waals surface area contributed by atoms with E-state index in [4.69, 9.17) is 4.74 Å². The molecule has 0 aliphatic heterocycles. The van der Waals surface area contributed by atoms with E-state index in [0.29, 0.717) is 12.2 Å². The smallest absolute Gasteiger partial charge is 0.338 e. The van der Waals surface area contributed by atoms with Crippen molar-refractivity contribution in [1.82, 2.24) is 0 Å². The molecule has 1 aromatic carbocycles. The molecule has 0 aromatic heterocycles. The molecule has 0 radical (unpaired) electrons. The van der Waals surface area contributed by atoms with Gasteiger partial charge in [0.15, 0.2) is 0 Å². The third-order valence-corrected chi connectivity index (χ3v) is 2.28. The summed E-state index contributed by atoms with van der Waals surface area (Å²) in [5.74, 6) is -0.907. The van der Waals surface area contributed by atoms with E-state index in [9.17, 15) is 9.59 Å². The predicted molar refractivity (Wildman–Crippen MR) is 72.2 cm³/mol. The first-order valence-corrected chi connectivity index (χ1v) is 5.88. The van der Waals surface area contributed by atoms with E-state index in [1.54, 1.807) is 19.1 Å². The van der Waals surface area contributed by atoms with E-state index in [1.807, 2.05) is 18.2 Å². The van der Waals surface area contributed by atoms with Crippen LogP contribution in [-0.2, 0) is 19.1 Å². The Bertz CT molecular complexity index is 486. The molecule has 0 unspecified atom stereocenters. The summed E-state index contributed by atoms with van der Waals surface area (Å²) < 4.78 is 9.46. The van der Waals surface area contributed by atoms with Crippen LogP contribution < -0.4 is 0 Å². The highest BCUT2D eigenvalue weighted by atomic mass is 16.5. The molecule has 0 saturated heterocycles. The number of hydrogen-bond acceptors (Lipinski definition) is 4. The minimum atomic E-state index is -0.479. The molecular formula is C15H16O4. The molecule has 100 valence electrons. The molecule has 0 aliphatic rings. The molecule has 4 nitrogen and oxygen atoms in total. The Labute approximate surface area is 112 Å². The van der Waals surface area contributed by atoms with Crippen LogP contribution >= 0.6 is 0 Å². The summed E-state index contributed by atoms with van der Waals surface area (Å²) in [6.45, 7) is 2.04. The van der Waals surface area contributed by atoms with Gasteiger partial charge in [0.2, 0.25) is 0 Å². The zero-order valence-electron chi connectivity index (χ0n) is 11.0. The number of ether oxygens (including phenoxy) is 2. The second kappa shape index (κ2) is 7.87. The highest BCUT2D eigenvalue weighted by Gasteiger charge is 2.11. The first-order valence-electron chi connectivity index (χ1n) is 5.88. The van der Waals surface area contributed by atoms with Gasteiger partial charge in [0, 0.05) is 6.08 Å². The topological polar surface area (TPSA) is 52.6 Å². The average Bonchev–Trinajstić information content (AvgIpc) is 2.44. The van der Waals surface area contributed by atoms with Crippen LogP contribution in [0.25, 0.3) is 5.57 Å². The lowest BCUT2D eigenvalue weighted by Gasteiger charge is -2.06. The van der Waals surface area contributed by atoms with Crippen LogP contribution in [-0.4, -0.2) is 25.7 Å². The number of carbonyl (C=O) groups is 2. The predicted octanol–water partition coefficient (Wildman–Crippen LogP) is 2.36. The number of hydrogen-bond donors (Lipinski definition) is 0. The Kier molecular flexibility index (Phi) is 6.09. The van der Waals surface area contributed by atoms with Gasteiger partial charge in [-0.1, -0.05) is 36.4 Å². The van der Waals surface area contributed by atoms with Crippen LogP contribution in [0.1, 0.15) is 12.5 Å². The minimum absolute atomic E-state index is 0.295. The molecular weight excluding hydrogens is 244 g/mol. The van der Waals surface area contributed by atoms with Crippen molar-refractivity contribution in [2.45, 2.75) is 6.92 Å². The highest BCUT2D eigenvalue weighted by Crippen LogP contribution is 2.16. The fourth-order valence-corrected chi connectivity index (χ4v) is 1.40. The van der Waals surface area contributed by atoms with Gasteiger partial charge >= 0.3 is 11.9 Å². The van der Waals surface area contributed by atoms with Gasteiger partial charge in [0.25, 0.3) is 0 Å². The molecule has 1 aromatic rings. The molecule has 0 atom stereocenters. The van der Waals surface area contributed by atoms with Gasteiger partial charge in [-0.15, -0.1) is 0 Å². The molecule has 0 fully saturated rings. The first-order chi connectivity index (χ1) is 9.19. The van der Waals surface area contributed by atoms with Gasteiger partial charge in [-0.25, -0.2) is 9.59 Å². The number of esters is 2. The van der Waals surface area contributed by atoms with Gasteiger partial charge in [-0.2, -0.15) is 0 Å². The van der Waals surface area contributed by atoms with E-state index in [2.05, 4.69) is 4.74 Å². The lowest BCUT2D eigenvalue weighted by molar-refractivity contribution is -0.136. The van der Waals surface area contributed by atoms with Crippen molar-refractivity contribution >= 4 is 17.5 Å². The fourth-order valence-electron chi connectivity index (χ4n) is 1.40. The second-order valence-electron chi connectivity index (χ2n) is 3.55. The first kappa shape index (κ1) is 14.7. The number of methoxy groups -OCH3 is 1. The zero-order valence-corrected chi connectivity index (χ0v) is 11.0. The van der Waals surface area contributed by atoms with E-state index < -0.39 is 11.9 Å². The fraction of sp³-hybridized carbons (Fsp3) is 0.200. The SMILES string of the molecule is CCOC(=O)/C(=C\C=C\C(=O)OC)c1ccccc1. The van der Waals surface area contributed by atoms with Crippen LogP contribution in [0.15, 0.2) is 48.6 Å². The summed E-state index contributed by atoms with van der Waals surface area (Å²) in [5.41, 5.74) is 1.12. The van der Waals surface area contributed by atoms with E-state index >= 15 is 0 Å². The van der Waals surface area contributed by atoms with Gasteiger partial charge < -0.3 is 9.47 Å². The molecule has 0 aliphatic carbocycles. The number of benzene rings is 1. The van der Waals surface area contributed by atoms with Crippen molar-refractivity contribution in [1.29, 1.82) is 0 Å². The third kappa shape index (κ3) is 4.79. The van der Waals surface area contributed by atoms with Gasteiger partial charge in [0.05, 0.1) is 19.3 Å². The molecule has 4 heteroatoms. The quantitative estimate of drug-likeness (QED) is 0.463. The van der Waals surface area contributed by atoms with Gasteiger partial charge in [-0.05, 0) is 18.6 Å². The van der Waals surface area contributed by atoms with Crippen molar-refractivity contribution in [3.05, 3.63) is 54.1 Å². The maximum atomic E-state index is 11.8. The lowest BCUT2D eigenvalue weighted by atomic mass is 10.1. The monoisotopic (exact) mass is 260 g/mol. The molecule has 0 bridgehead atoms. The molecule has 0 saturated carbocycles. The highest BCUT2D eigenvalue weighted by molar-refractivity contribution is 6.16. The summed E-state index contributed by atoms with van der Waals surface area (Å²) in [6.07, 6.45) is 4.23. The zero-order chi connectivity index (χ0) is 14.1. The van der Waals surface area contributed by atoms with Crippen LogP contribution in [0.3, 0.4) is 0 Å². The third-order valence-electron chi connectivity index (χ3n) is 2.28. The van der Waals surface area contributed by atoms with E-state index in [0.717, 1.165) is 5.56 Å². The Balaban J connectivity index is 2.99. The standard InChI is InChI=1S/C15H16O4/c1-3-19-15(17)13(10-7-11-14(16)18-2)12-8-5-4-6-9-12/h4-11H,3H2,1-2H3/b11-7+,13-10-. The van der Waals surface area contributed by atoms with Crippen molar-refractivity contribution in [2.75, 3.05) is 13.7 Å². The summed E-state index contributed by atoms with van der Waals surface area (Å²) in [6, 6.07) is 9.11.